The van der Waals surface area contributed by atoms with Crippen molar-refractivity contribution in [2.45, 2.75) is 45.7 Å². The van der Waals surface area contributed by atoms with E-state index < -0.39 is 5.54 Å². The number of carbonyl (C=O) groups is 1. The van der Waals surface area contributed by atoms with Crippen LogP contribution in [0.25, 0.3) is 0 Å². The molecule has 2 heterocycles. The molecule has 1 aromatic heterocycles. The Morgan fingerprint density at radius 2 is 2.14 bits per heavy atom. The molecule has 0 unspecified atom stereocenters. The molecule has 7 heteroatoms. The SMILES string of the molecule is CC(=O)NCC1CCN(Cc2nc(C(C)(C)N)no2)CC1. The topological polar surface area (TPSA) is 97.3 Å². The van der Waals surface area contributed by atoms with Crippen LogP contribution in [0.4, 0.5) is 0 Å². The number of amides is 1. The van der Waals surface area contributed by atoms with Gasteiger partial charge in [-0.15, -0.1) is 0 Å². The minimum Gasteiger partial charge on any atom is -0.356 e. The molecule has 1 aliphatic heterocycles. The lowest BCUT2D eigenvalue weighted by molar-refractivity contribution is -0.119. The zero-order valence-corrected chi connectivity index (χ0v) is 13.1. The monoisotopic (exact) mass is 295 g/mol. The third-order valence-electron chi connectivity index (χ3n) is 3.75. The smallest absolute Gasteiger partial charge is 0.240 e. The summed E-state index contributed by atoms with van der Waals surface area (Å²) < 4.78 is 5.26. The van der Waals surface area contributed by atoms with E-state index in [9.17, 15) is 4.79 Å². The Kier molecular flexibility index (Phi) is 4.95. The van der Waals surface area contributed by atoms with E-state index >= 15 is 0 Å². The maximum Gasteiger partial charge on any atom is 0.240 e. The van der Waals surface area contributed by atoms with Gasteiger partial charge in [0, 0.05) is 13.5 Å². The molecule has 0 bridgehead atoms. The van der Waals surface area contributed by atoms with Gasteiger partial charge in [-0.25, -0.2) is 0 Å². The van der Waals surface area contributed by atoms with Crippen molar-refractivity contribution in [1.82, 2.24) is 20.4 Å². The first kappa shape index (κ1) is 15.9. The van der Waals surface area contributed by atoms with Crippen molar-refractivity contribution in [3.8, 4) is 0 Å². The van der Waals surface area contributed by atoms with Gasteiger partial charge in [0.1, 0.15) is 0 Å². The summed E-state index contributed by atoms with van der Waals surface area (Å²) in [6.07, 6.45) is 2.15. The van der Waals surface area contributed by atoms with Crippen molar-refractivity contribution < 1.29 is 9.32 Å². The molecule has 0 atom stereocenters. The molecule has 118 valence electrons. The quantitative estimate of drug-likeness (QED) is 0.826. The summed E-state index contributed by atoms with van der Waals surface area (Å²) in [5, 5.41) is 6.82. The molecule has 1 aromatic rings. The molecule has 1 aliphatic rings. The molecular weight excluding hydrogens is 270 g/mol. The van der Waals surface area contributed by atoms with E-state index in [1.54, 1.807) is 6.92 Å². The van der Waals surface area contributed by atoms with Gasteiger partial charge in [-0.05, 0) is 45.7 Å². The van der Waals surface area contributed by atoms with Crippen LogP contribution in [0, 0.1) is 5.92 Å². The highest BCUT2D eigenvalue weighted by molar-refractivity contribution is 5.72. The van der Waals surface area contributed by atoms with Gasteiger partial charge in [-0.2, -0.15) is 4.98 Å². The molecule has 7 nitrogen and oxygen atoms in total. The molecule has 1 saturated heterocycles. The van der Waals surface area contributed by atoms with Crippen LogP contribution in [0.2, 0.25) is 0 Å². The lowest BCUT2D eigenvalue weighted by atomic mass is 9.97. The molecule has 1 fully saturated rings. The fraction of sp³-hybridized carbons (Fsp3) is 0.786. The maximum absolute atomic E-state index is 10.9. The van der Waals surface area contributed by atoms with E-state index in [-0.39, 0.29) is 5.91 Å². The normalized spacial score (nSPS) is 17.9. The third-order valence-corrected chi connectivity index (χ3v) is 3.75. The Balaban J connectivity index is 1.78. The van der Waals surface area contributed by atoms with Crippen molar-refractivity contribution >= 4 is 5.91 Å². The number of hydrogen-bond donors (Lipinski definition) is 2. The summed E-state index contributed by atoms with van der Waals surface area (Å²) >= 11 is 0. The van der Waals surface area contributed by atoms with Crippen molar-refractivity contribution in [2.75, 3.05) is 19.6 Å². The fourth-order valence-electron chi connectivity index (χ4n) is 2.41. The number of likely N-dealkylation sites (tertiary alicyclic amines) is 1. The number of piperidine rings is 1. The molecule has 2 rings (SSSR count). The van der Waals surface area contributed by atoms with Crippen molar-refractivity contribution in [1.29, 1.82) is 0 Å². The maximum atomic E-state index is 10.9. The van der Waals surface area contributed by atoms with Gasteiger partial charge < -0.3 is 15.6 Å². The Hall–Kier alpha value is -1.47. The number of aromatic nitrogens is 2. The predicted molar refractivity (Wildman–Crippen MR) is 78.2 cm³/mol. The average Bonchev–Trinajstić information content (AvgIpc) is 2.86. The number of rotatable bonds is 5. The molecular formula is C14H25N5O2. The Labute approximate surface area is 125 Å². The van der Waals surface area contributed by atoms with E-state index in [0.717, 1.165) is 32.5 Å². The van der Waals surface area contributed by atoms with E-state index in [2.05, 4.69) is 20.4 Å². The lowest BCUT2D eigenvalue weighted by Gasteiger charge is -2.30. The number of carbonyl (C=O) groups excluding carboxylic acids is 1. The molecule has 3 N–H and O–H groups in total. The van der Waals surface area contributed by atoms with E-state index in [4.69, 9.17) is 10.3 Å². The summed E-state index contributed by atoms with van der Waals surface area (Å²) in [6.45, 7) is 8.67. The first-order valence-corrected chi connectivity index (χ1v) is 7.43. The second-order valence-electron chi connectivity index (χ2n) is 6.39. The molecule has 0 aliphatic carbocycles. The summed E-state index contributed by atoms with van der Waals surface area (Å²) in [7, 11) is 0. The summed E-state index contributed by atoms with van der Waals surface area (Å²) in [6, 6.07) is 0. The largest absolute Gasteiger partial charge is 0.356 e. The highest BCUT2D eigenvalue weighted by atomic mass is 16.5. The van der Waals surface area contributed by atoms with Crippen LogP contribution < -0.4 is 11.1 Å². The minimum absolute atomic E-state index is 0.0419. The average molecular weight is 295 g/mol. The molecule has 21 heavy (non-hydrogen) atoms. The van der Waals surface area contributed by atoms with Gasteiger partial charge in [0.05, 0.1) is 12.1 Å². The molecule has 0 spiro atoms. The van der Waals surface area contributed by atoms with E-state index in [0.29, 0.717) is 24.2 Å². The van der Waals surface area contributed by atoms with Crippen LogP contribution in [0.15, 0.2) is 4.52 Å². The Bertz CT molecular complexity index is 472. The van der Waals surface area contributed by atoms with Crippen LogP contribution in [0.5, 0.6) is 0 Å². The van der Waals surface area contributed by atoms with Crippen molar-refractivity contribution in [3.63, 3.8) is 0 Å². The number of nitrogens with two attached hydrogens (primary N) is 1. The Morgan fingerprint density at radius 1 is 1.48 bits per heavy atom. The first-order valence-electron chi connectivity index (χ1n) is 7.43. The van der Waals surface area contributed by atoms with Gasteiger partial charge >= 0.3 is 0 Å². The van der Waals surface area contributed by atoms with Gasteiger partial charge in [-0.3, -0.25) is 9.69 Å². The van der Waals surface area contributed by atoms with Gasteiger partial charge in [-0.1, -0.05) is 5.16 Å². The summed E-state index contributed by atoms with van der Waals surface area (Å²) in [4.78, 5) is 17.6. The highest BCUT2D eigenvalue weighted by Gasteiger charge is 2.24. The number of hydrogen-bond acceptors (Lipinski definition) is 6. The number of nitrogens with zero attached hydrogens (tertiary/aromatic N) is 3. The van der Waals surface area contributed by atoms with Crippen LogP contribution in [0.3, 0.4) is 0 Å². The first-order chi connectivity index (χ1) is 9.84. The molecule has 0 saturated carbocycles. The second-order valence-corrected chi connectivity index (χ2v) is 6.39. The van der Waals surface area contributed by atoms with Gasteiger partial charge in [0.2, 0.25) is 11.8 Å². The summed E-state index contributed by atoms with van der Waals surface area (Å²) in [5.41, 5.74) is 5.37. The third kappa shape index (κ3) is 4.78. The molecule has 1 amide bonds. The highest BCUT2D eigenvalue weighted by Crippen LogP contribution is 2.19. The van der Waals surface area contributed by atoms with Crippen LogP contribution in [-0.4, -0.2) is 40.6 Å². The van der Waals surface area contributed by atoms with Crippen LogP contribution in [-0.2, 0) is 16.9 Å². The van der Waals surface area contributed by atoms with Crippen molar-refractivity contribution in [2.24, 2.45) is 11.7 Å². The number of nitrogens with one attached hydrogen (secondary N) is 1. The standard InChI is InChI=1S/C14H25N5O2/c1-10(20)16-8-11-4-6-19(7-5-11)9-12-17-13(18-21-12)14(2,3)15/h11H,4-9,15H2,1-3H3,(H,16,20). The van der Waals surface area contributed by atoms with Crippen LogP contribution in [0.1, 0.15) is 45.3 Å². The van der Waals surface area contributed by atoms with E-state index in [1.165, 1.54) is 0 Å². The van der Waals surface area contributed by atoms with E-state index in [1.807, 2.05) is 13.8 Å². The zero-order valence-electron chi connectivity index (χ0n) is 13.1. The Morgan fingerprint density at radius 3 is 2.67 bits per heavy atom. The van der Waals surface area contributed by atoms with Crippen molar-refractivity contribution in [3.05, 3.63) is 11.7 Å². The second kappa shape index (κ2) is 6.53. The molecule has 0 aromatic carbocycles. The van der Waals surface area contributed by atoms with Crippen LogP contribution >= 0.6 is 0 Å². The predicted octanol–water partition coefficient (Wildman–Crippen LogP) is 0.612. The minimum atomic E-state index is -0.576. The zero-order chi connectivity index (χ0) is 15.5. The van der Waals surface area contributed by atoms with Gasteiger partial charge in [0.15, 0.2) is 5.82 Å². The molecule has 0 radical (unpaired) electrons. The fourth-order valence-corrected chi connectivity index (χ4v) is 2.41. The summed E-state index contributed by atoms with van der Waals surface area (Å²) in [5.74, 6) is 1.76. The van der Waals surface area contributed by atoms with Gasteiger partial charge in [0.25, 0.3) is 0 Å². The lowest BCUT2D eigenvalue weighted by Crippen LogP contribution is -2.38.